The molecule has 230 valence electrons. The lowest BCUT2D eigenvalue weighted by Crippen LogP contribution is -2.46. The van der Waals surface area contributed by atoms with E-state index >= 15 is 0 Å². The smallest absolute Gasteiger partial charge is 0.309 e. The number of nitrogens with one attached hydrogen (secondary N) is 1. The number of hydrogen-bond donors (Lipinski definition) is 2. The van der Waals surface area contributed by atoms with Gasteiger partial charge in [0, 0.05) is 39.2 Å². The van der Waals surface area contributed by atoms with Gasteiger partial charge in [-0.05, 0) is 63.0 Å². The molecule has 1 saturated heterocycles. The minimum absolute atomic E-state index is 0.0380. The van der Waals surface area contributed by atoms with E-state index in [1.807, 2.05) is 37.3 Å². The summed E-state index contributed by atoms with van der Waals surface area (Å²) >= 11 is 0. The fourth-order valence-corrected chi connectivity index (χ4v) is 6.91. The number of benzene rings is 1. The highest BCUT2D eigenvalue weighted by Gasteiger charge is 2.42. The molecule has 0 unspecified atom stereocenters. The molecule has 3 heterocycles. The summed E-state index contributed by atoms with van der Waals surface area (Å²) in [6, 6.07) is 9.40. The molecule has 0 bridgehead atoms. The Morgan fingerprint density at radius 3 is 2.35 bits per heavy atom. The molecule has 11 nitrogen and oxygen atoms in total. The minimum Gasteiger partial charge on any atom is -0.481 e. The van der Waals surface area contributed by atoms with Crippen LogP contribution in [0.5, 0.6) is 0 Å². The van der Waals surface area contributed by atoms with Crippen LogP contribution in [0.15, 0.2) is 34.7 Å². The third-order valence-electron chi connectivity index (χ3n) is 8.75. The number of aliphatic carboxylic acids is 1. The molecule has 0 radical (unpaired) electrons. The van der Waals surface area contributed by atoms with Crippen LogP contribution in [0, 0.1) is 12.3 Å². The van der Waals surface area contributed by atoms with E-state index in [-0.39, 0.29) is 42.2 Å². The molecule has 3 aromatic rings. The highest BCUT2D eigenvalue weighted by molar-refractivity contribution is 7.92. The number of likely N-dealkylation sites (tertiary alicyclic amines) is 1. The topological polar surface area (TPSA) is 150 Å². The van der Waals surface area contributed by atoms with Crippen molar-refractivity contribution in [3.63, 3.8) is 0 Å². The molecule has 2 amide bonds. The zero-order valence-corrected chi connectivity index (χ0v) is 25.8. The quantitative estimate of drug-likeness (QED) is 0.345. The predicted molar refractivity (Wildman–Crippen MR) is 163 cm³/mol. The zero-order chi connectivity index (χ0) is 31.1. The van der Waals surface area contributed by atoms with E-state index in [0.717, 1.165) is 30.2 Å². The Kier molecular flexibility index (Phi) is 8.26. The maximum Gasteiger partial charge on any atom is 0.309 e. The van der Waals surface area contributed by atoms with Gasteiger partial charge < -0.3 is 19.7 Å². The number of carbonyl (C=O) groups is 3. The summed E-state index contributed by atoms with van der Waals surface area (Å²) in [6.45, 7) is 4.19. The third-order valence-corrected chi connectivity index (χ3v) is 9.90. The summed E-state index contributed by atoms with van der Waals surface area (Å²) < 4.78 is 33.8. The highest BCUT2D eigenvalue weighted by Crippen LogP contribution is 2.47. The van der Waals surface area contributed by atoms with Crippen LogP contribution in [0.4, 0.5) is 5.82 Å². The van der Waals surface area contributed by atoms with Crippen LogP contribution < -0.4 is 9.62 Å². The fourth-order valence-electron chi connectivity index (χ4n) is 5.99. The summed E-state index contributed by atoms with van der Waals surface area (Å²) in [5.74, 6) is -0.652. The maximum atomic E-state index is 13.2. The van der Waals surface area contributed by atoms with Crippen LogP contribution in [0.1, 0.15) is 72.9 Å². The van der Waals surface area contributed by atoms with Crippen LogP contribution in [-0.4, -0.2) is 74.1 Å². The van der Waals surface area contributed by atoms with Crippen molar-refractivity contribution < 1.29 is 32.3 Å². The van der Waals surface area contributed by atoms with E-state index in [4.69, 9.17) is 9.40 Å². The largest absolute Gasteiger partial charge is 0.481 e. The van der Waals surface area contributed by atoms with E-state index in [2.05, 4.69) is 5.32 Å². The number of aromatic nitrogens is 1. The lowest BCUT2D eigenvalue weighted by atomic mass is 9.75. The molecular weight excluding hydrogens is 572 g/mol. The molecule has 2 aromatic heterocycles. The molecule has 2 fully saturated rings. The van der Waals surface area contributed by atoms with Gasteiger partial charge in [0.15, 0.2) is 0 Å². The van der Waals surface area contributed by atoms with Gasteiger partial charge in [-0.2, -0.15) is 4.98 Å². The van der Waals surface area contributed by atoms with Crippen molar-refractivity contribution in [2.45, 2.75) is 58.3 Å². The Labute approximate surface area is 251 Å². The van der Waals surface area contributed by atoms with E-state index < -0.39 is 21.4 Å². The number of carboxylic acid groups (broad SMARTS) is 1. The van der Waals surface area contributed by atoms with Crippen molar-refractivity contribution in [1.82, 2.24) is 15.2 Å². The average molecular weight is 611 g/mol. The Morgan fingerprint density at radius 2 is 1.81 bits per heavy atom. The van der Waals surface area contributed by atoms with E-state index in [1.165, 1.54) is 11.2 Å². The number of carboxylic acids is 1. The number of furan rings is 1. The predicted octanol–water partition coefficient (Wildman–Crippen LogP) is 4.30. The molecular formula is C31H38N4O7S. The van der Waals surface area contributed by atoms with Crippen molar-refractivity contribution in [3.05, 3.63) is 47.0 Å². The minimum atomic E-state index is -3.81. The monoisotopic (exact) mass is 610 g/mol. The lowest BCUT2D eigenvalue weighted by molar-refractivity contribution is -0.154. The summed E-state index contributed by atoms with van der Waals surface area (Å²) in [6.07, 6.45) is 4.03. The summed E-state index contributed by atoms with van der Waals surface area (Å²) in [4.78, 5) is 43.6. The summed E-state index contributed by atoms with van der Waals surface area (Å²) in [5.41, 5.74) is 1.94. The second kappa shape index (κ2) is 11.6. The molecule has 1 aromatic carbocycles. The fraction of sp³-hybridized carbons (Fsp3) is 0.484. The Hall–Kier alpha value is -3.93. The molecule has 0 spiro atoms. The van der Waals surface area contributed by atoms with Gasteiger partial charge in [-0.15, -0.1) is 0 Å². The van der Waals surface area contributed by atoms with Gasteiger partial charge in [-0.25, -0.2) is 8.42 Å². The number of fused-ring (bicyclic) bond motifs is 1. The Bertz CT molecular complexity index is 1670. The van der Waals surface area contributed by atoms with Crippen LogP contribution in [0.25, 0.3) is 22.4 Å². The lowest BCUT2D eigenvalue weighted by Gasteiger charge is -2.39. The molecule has 5 rings (SSSR count). The van der Waals surface area contributed by atoms with Gasteiger partial charge in [0.25, 0.3) is 5.91 Å². The first-order chi connectivity index (χ1) is 20.3. The highest BCUT2D eigenvalue weighted by atomic mass is 32.2. The first-order valence-corrected chi connectivity index (χ1v) is 16.4. The number of sulfonamides is 1. The normalized spacial score (nSPS) is 16.7. The summed E-state index contributed by atoms with van der Waals surface area (Å²) in [5, 5.41) is 13.3. The van der Waals surface area contributed by atoms with Gasteiger partial charge in [0.2, 0.25) is 21.6 Å². The van der Waals surface area contributed by atoms with Gasteiger partial charge in [-0.1, -0.05) is 29.8 Å². The van der Waals surface area contributed by atoms with Gasteiger partial charge in [-0.3, -0.25) is 18.7 Å². The molecule has 1 aliphatic heterocycles. The molecule has 1 saturated carbocycles. The molecule has 2 aliphatic rings. The number of nitrogens with zero attached hydrogens (tertiary/aromatic N) is 3. The number of anilines is 1. The van der Waals surface area contributed by atoms with Crippen molar-refractivity contribution in [3.8, 4) is 11.3 Å². The van der Waals surface area contributed by atoms with Gasteiger partial charge >= 0.3 is 5.97 Å². The Morgan fingerprint density at radius 1 is 1.16 bits per heavy atom. The number of hydrogen-bond acceptors (Lipinski definition) is 7. The van der Waals surface area contributed by atoms with E-state index in [1.54, 1.807) is 11.9 Å². The van der Waals surface area contributed by atoms with Crippen LogP contribution in [0.2, 0.25) is 0 Å². The zero-order valence-electron chi connectivity index (χ0n) is 25.0. The number of amides is 2. The van der Waals surface area contributed by atoms with E-state index in [9.17, 15) is 27.9 Å². The van der Waals surface area contributed by atoms with E-state index in [0.29, 0.717) is 54.6 Å². The van der Waals surface area contributed by atoms with Crippen LogP contribution in [-0.2, 0) is 19.6 Å². The molecule has 12 heteroatoms. The van der Waals surface area contributed by atoms with Crippen molar-refractivity contribution in [2.24, 2.45) is 5.41 Å². The number of carbonyl (C=O) groups excluding carboxylic acids is 2. The second-order valence-corrected chi connectivity index (χ2v) is 13.7. The maximum absolute atomic E-state index is 13.2. The number of pyridine rings is 1. The van der Waals surface area contributed by atoms with Crippen molar-refractivity contribution in [2.75, 3.05) is 37.2 Å². The van der Waals surface area contributed by atoms with Crippen LogP contribution >= 0.6 is 0 Å². The summed E-state index contributed by atoms with van der Waals surface area (Å²) in [7, 11) is -2.26. The second-order valence-electron chi connectivity index (χ2n) is 11.8. The SMILES string of the molecule is CNC(=O)c1c(-c2ccc(C)cc2)oc2nc(N(CCCC3(C(=O)O)CCN(C(C)=O)CC3)S(C)(=O)=O)c(C3CC3)cc12. The number of piperidine rings is 1. The molecule has 2 N–H and O–H groups in total. The van der Waals surface area contributed by atoms with Gasteiger partial charge in [0.05, 0.1) is 22.6 Å². The van der Waals surface area contributed by atoms with Gasteiger partial charge in [0.1, 0.15) is 11.6 Å². The first-order valence-electron chi connectivity index (χ1n) is 14.6. The number of aryl methyl sites for hydroxylation is 1. The molecule has 43 heavy (non-hydrogen) atoms. The standard InChI is InChI=1S/C31H38N4O7S/c1-19-6-8-22(9-7-19)26-25(28(37)32-3)24-18-23(21-10-11-21)27(33-29(24)42-26)35(43(4,40)41)15-5-12-31(30(38)39)13-16-34(17-14-31)20(2)36/h6-9,18,21H,5,10-17H2,1-4H3,(H,32,37)(H,38,39). The third kappa shape index (κ3) is 6.11. The van der Waals surface area contributed by atoms with Crippen LogP contribution in [0.3, 0.4) is 0 Å². The molecule has 1 aliphatic carbocycles. The Balaban J connectivity index is 1.52. The van der Waals surface area contributed by atoms with Crippen molar-refractivity contribution in [1.29, 1.82) is 0 Å². The number of rotatable bonds is 10. The molecule has 0 atom stereocenters. The first kappa shape index (κ1) is 30.5. The van der Waals surface area contributed by atoms with Crippen molar-refractivity contribution >= 4 is 44.7 Å². The average Bonchev–Trinajstić information content (AvgIpc) is 3.74.